The lowest BCUT2D eigenvalue weighted by atomic mass is 9.91. The summed E-state index contributed by atoms with van der Waals surface area (Å²) in [5.74, 6) is -0.626. The molecule has 2 aromatic heterocycles. The second kappa shape index (κ2) is 9.54. The average Bonchev–Trinajstić information content (AvgIpc) is 3.23. The van der Waals surface area contributed by atoms with E-state index in [-0.39, 0.29) is 47.8 Å². The Morgan fingerprint density at radius 3 is 2.66 bits per heavy atom. The summed E-state index contributed by atoms with van der Waals surface area (Å²) in [6.45, 7) is 5.44. The van der Waals surface area contributed by atoms with Gasteiger partial charge in [-0.1, -0.05) is 25.1 Å². The molecule has 0 bridgehead atoms. The summed E-state index contributed by atoms with van der Waals surface area (Å²) in [5.41, 5.74) is -0.120. The highest BCUT2D eigenvalue weighted by Crippen LogP contribution is 2.37. The molecule has 0 saturated heterocycles. The lowest BCUT2D eigenvalue weighted by molar-refractivity contribution is -0.121. The van der Waals surface area contributed by atoms with Crippen molar-refractivity contribution in [1.82, 2.24) is 15.5 Å². The Morgan fingerprint density at radius 2 is 2.00 bits per heavy atom. The van der Waals surface area contributed by atoms with Crippen molar-refractivity contribution in [2.24, 2.45) is 0 Å². The predicted octanol–water partition coefficient (Wildman–Crippen LogP) is 2.71. The smallest absolute Gasteiger partial charge is 0.246 e. The highest BCUT2D eigenvalue weighted by Gasteiger charge is 2.27. The zero-order valence-corrected chi connectivity index (χ0v) is 18.2. The number of aryl methyl sites for hydroxylation is 1. The van der Waals surface area contributed by atoms with Gasteiger partial charge in [-0.3, -0.25) is 9.59 Å². The van der Waals surface area contributed by atoms with Crippen LogP contribution >= 0.6 is 0 Å². The van der Waals surface area contributed by atoms with Crippen molar-refractivity contribution in [3.05, 3.63) is 63.3 Å². The van der Waals surface area contributed by atoms with E-state index in [9.17, 15) is 19.8 Å². The molecule has 0 aliphatic carbocycles. The van der Waals surface area contributed by atoms with Crippen LogP contribution in [0.15, 0.2) is 38.0 Å². The van der Waals surface area contributed by atoms with Crippen molar-refractivity contribution in [2.75, 3.05) is 7.11 Å². The standard InChI is InChI=1S/C22H25N3O7/c1-11(2)22-24-19(32-25-22)10-23-18(28)9-14(13-5-6-15(26)17(8-13)30-4)21-20(29)16(27)7-12(3)31-21/h5-8,11,14,26,29H,9-10H2,1-4H3,(H,23,28). The third-order valence-electron chi connectivity index (χ3n) is 4.82. The molecule has 10 heteroatoms. The number of phenols is 1. The summed E-state index contributed by atoms with van der Waals surface area (Å²) in [7, 11) is 1.39. The number of aromatic hydroxyl groups is 2. The van der Waals surface area contributed by atoms with E-state index in [2.05, 4.69) is 15.5 Å². The van der Waals surface area contributed by atoms with E-state index in [1.54, 1.807) is 13.0 Å². The zero-order chi connectivity index (χ0) is 23.4. The first-order valence-electron chi connectivity index (χ1n) is 9.99. The van der Waals surface area contributed by atoms with Gasteiger partial charge < -0.3 is 29.2 Å². The topological polar surface area (TPSA) is 148 Å². The Morgan fingerprint density at radius 1 is 1.25 bits per heavy atom. The van der Waals surface area contributed by atoms with Crippen LogP contribution in [0.4, 0.5) is 0 Å². The molecule has 1 amide bonds. The Hall–Kier alpha value is -3.82. The van der Waals surface area contributed by atoms with Crippen molar-refractivity contribution in [1.29, 1.82) is 0 Å². The zero-order valence-electron chi connectivity index (χ0n) is 18.2. The summed E-state index contributed by atoms with van der Waals surface area (Å²) in [5, 5.41) is 26.8. The molecular formula is C22H25N3O7. The number of nitrogens with one attached hydrogen (secondary N) is 1. The van der Waals surface area contributed by atoms with E-state index >= 15 is 0 Å². The number of ether oxygens (including phenoxy) is 1. The largest absolute Gasteiger partial charge is 0.504 e. The van der Waals surface area contributed by atoms with Crippen LogP contribution < -0.4 is 15.5 Å². The van der Waals surface area contributed by atoms with Gasteiger partial charge in [0.2, 0.25) is 23.0 Å². The molecule has 1 aromatic carbocycles. The lowest BCUT2D eigenvalue weighted by Crippen LogP contribution is -2.25. The van der Waals surface area contributed by atoms with Crippen molar-refractivity contribution in [2.45, 2.75) is 45.6 Å². The van der Waals surface area contributed by atoms with Gasteiger partial charge in [0.1, 0.15) is 5.76 Å². The number of methoxy groups -OCH3 is 1. The molecule has 32 heavy (non-hydrogen) atoms. The molecule has 2 heterocycles. The monoisotopic (exact) mass is 443 g/mol. The minimum absolute atomic E-state index is 0.0217. The number of hydrogen-bond acceptors (Lipinski definition) is 9. The number of hydrogen-bond donors (Lipinski definition) is 3. The van der Waals surface area contributed by atoms with Crippen LogP contribution in [0, 0.1) is 6.92 Å². The number of carbonyl (C=O) groups excluding carboxylic acids is 1. The van der Waals surface area contributed by atoms with E-state index in [1.165, 1.54) is 19.2 Å². The Kier molecular flexibility index (Phi) is 6.82. The summed E-state index contributed by atoms with van der Waals surface area (Å²) in [6, 6.07) is 5.64. The normalized spacial score (nSPS) is 12.0. The van der Waals surface area contributed by atoms with Crippen molar-refractivity contribution >= 4 is 5.91 Å². The Balaban J connectivity index is 1.89. The first-order chi connectivity index (χ1) is 15.2. The second-order valence-electron chi connectivity index (χ2n) is 7.60. The highest BCUT2D eigenvalue weighted by atomic mass is 16.5. The summed E-state index contributed by atoms with van der Waals surface area (Å²) < 4.78 is 15.9. The van der Waals surface area contributed by atoms with Gasteiger partial charge in [0.25, 0.3) is 0 Å². The molecule has 0 saturated carbocycles. The Labute approximate surface area is 183 Å². The fourth-order valence-corrected chi connectivity index (χ4v) is 3.14. The molecule has 0 spiro atoms. The molecule has 1 atom stereocenters. The lowest BCUT2D eigenvalue weighted by Gasteiger charge is -2.18. The van der Waals surface area contributed by atoms with Gasteiger partial charge in [-0.15, -0.1) is 0 Å². The van der Waals surface area contributed by atoms with Gasteiger partial charge in [0, 0.05) is 18.4 Å². The van der Waals surface area contributed by atoms with Gasteiger partial charge in [-0.2, -0.15) is 4.98 Å². The fraction of sp³-hybridized carbons (Fsp3) is 0.364. The number of nitrogens with zero attached hydrogens (tertiary/aromatic N) is 2. The van der Waals surface area contributed by atoms with Crippen LogP contribution in [0.5, 0.6) is 17.2 Å². The van der Waals surface area contributed by atoms with Crippen LogP contribution in [0.25, 0.3) is 0 Å². The maximum absolute atomic E-state index is 12.7. The fourth-order valence-electron chi connectivity index (χ4n) is 3.14. The minimum Gasteiger partial charge on any atom is -0.504 e. The Bertz CT molecular complexity index is 1170. The third kappa shape index (κ3) is 5.08. The van der Waals surface area contributed by atoms with Crippen molar-refractivity contribution < 1.29 is 28.7 Å². The highest BCUT2D eigenvalue weighted by molar-refractivity contribution is 5.77. The van der Waals surface area contributed by atoms with Crippen LogP contribution in [0.2, 0.25) is 0 Å². The minimum atomic E-state index is -0.828. The third-order valence-corrected chi connectivity index (χ3v) is 4.82. The second-order valence-corrected chi connectivity index (χ2v) is 7.60. The first-order valence-corrected chi connectivity index (χ1v) is 9.99. The van der Waals surface area contributed by atoms with Gasteiger partial charge >= 0.3 is 0 Å². The van der Waals surface area contributed by atoms with E-state index < -0.39 is 23.0 Å². The van der Waals surface area contributed by atoms with Crippen LogP contribution in [-0.4, -0.2) is 33.4 Å². The number of carbonyl (C=O) groups is 1. The molecule has 0 radical (unpaired) electrons. The van der Waals surface area contributed by atoms with Crippen LogP contribution in [0.1, 0.15) is 60.9 Å². The molecule has 0 fully saturated rings. The van der Waals surface area contributed by atoms with E-state index in [4.69, 9.17) is 13.7 Å². The summed E-state index contributed by atoms with van der Waals surface area (Å²) >= 11 is 0. The van der Waals surface area contributed by atoms with Gasteiger partial charge in [0.05, 0.1) is 19.6 Å². The van der Waals surface area contributed by atoms with E-state index in [1.807, 2.05) is 13.8 Å². The van der Waals surface area contributed by atoms with Crippen molar-refractivity contribution in [3.63, 3.8) is 0 Å². The van der Waals surface area contributed by atoms with Crippen LogP contribution in [0.3, 0.4) is 0 Å². The van der Waals surface area contributed by atoms with Crippen molar-refractivity contribution in [3.8, 4) is 17.2 Å². The molecule has 3 rings (SSSR count). The van der Waals surface area contributed by atoms with E-state index in [0.29, 0.717) is 11.4 Å². The maximum atomic E-state index is 12.7. The molecule has 170 valence electrons. The molecule has 1 unspecified atom stereocenters. The average molecular weight is 443 g/mol. The van der Waals surface area contributed by atoms with Gasteiger partial charge in [0.15, 0.2) is 23.1 Å². The molecule has 3 aromatic rings. The maximum Gasteiger partial charge on any atom is 0.246 e. The summed E-state index contributed by atoms with van der Waals surface area (Å²) in [6.07, 6.45) is -0.168. The number of phenolic OH excluding ortho intramolecular Hbond substituents is 1. The molecule has 3 N–H and O–H groups in total. The molecule has 10 nitrogen and oxygen atoms in total. The predicted molar refractivity (Wildman–Crippen MR) is 113 cm³/mol. The number of benzene rings is 1. The van der Waals surface area contributed by atoms with E-state index in [0.717, 1.165) is 6.07 Å². The SMILES string of the molecule is COc1cc(C(CC(=O)NCc2nc(C(C)C)no2)c2oc(C)cc(=O)c2O)ccc1O. The number of rotatable bonds is 8. The summed E-state index contributed by atoms with van der Waals surface area (Å²) in [4.78, 5) is 29.1. The number of aromatic nitrogens is 2. The first kappa shape index (κ1) is 22.9. The van der Waals surface area contributed by atoms with Crippen LogP contribution in [-0.2, 0) is 11.3 Å². The van der Waals surface area contributed by atoms with Gasteiger partial charge in [-0.05, 0) is 24.6 Å². The molecule has 0 aliphatic rings. The quantitative estimate of drug-likeness (QED) is 0.478. The molecule has 0 aliphatic heterocycles. The molecular weight excluding hydrogens is 418 g/mol. The van der Waals surface area contributed by atoms with Gasteiger partial charge in [-0.25, -0.2) is 0 Å². The number of amides is 1.